The predicted octanol–water partition coefficient (Wildman–Crippen LogP) is 0.191. The molecule has 0 heterocycles. The maximum absolute atomic E-state index is 11.6. The lowest BCUT2D eigenvalue weighted by Gasteiger charge is -2.16. The molecule has 0 saturated carbocycles. The second-order valence-corrected chi connectivity index (χ2v) is 6.91. The van der Waals surface area contributed by atoms with Crippen molar-refractivity contribution in [1.82, 2.24) is 10.2 Å². The molecule has 21 heavy (non-hydrogen) atoms. The number of sulfone groups is 1. The van der Waals surface area contributed by atoms with Crippen LogP contribution in [-0.2, 0) is 14.6 Å². The van der Waals surface area contributed by atoms with Crippen LogP contribution in [0.1, 0.15) is 18.6 Å². The van der Waals surface area contributed by atoms with Crippen LogP contribution in [0.2, 0.25) is 0 Å². The van der Waals surface area contributed by atoms with Crippen LogP contribution in [0.3, 0.4) is 0 Å². The molecule has 2 N–H and O–H groups in total. The highest BCUT2D eigenvalue weighted by Gasteiger charge is 2.12. The van der Waals surface area contributed by atoms with Crippen LogP contribution < -0.4 is 5.32 Å². The molecule has 0 aliphatic rings. The fourth-order valence-corrected chi connectivity index (χ4v) is 2.31. The molecule has 7 heteroatoms. The minimum atomic E-state index is -3.23. The molecule has 6 nitrogen and oxygen atoms in total. The summed E-state index contributed by atoms with van der Waals surface area (Å²) in [5.74, 6) is -0.0443. The van der Waals surface area contributed by atoms with E-state index in [-0.39, 0.29) is 23.9 Å². The lowest BCUT2D eigenvalue weighted by atomic mass is 10.1. The van der Waals surface area contributed by atoms with E-state index in [4.69, 9.17) is 0 Å². The molecule has 1 rings (SSSR count). The van der Waals surface area contributed by atoms with Gasteiger partial charge in [-0.3, -0.25) is 4.79 Å². The molecule has 0 spiro atoms. The van der Waals surface area contributed by atoms with Crippen molar-refractivity contribution in [3.05, 3.63) is 29.8 Å². The number of rotatable bonds is 7. The molecular weight excluding hydrogens is 292 g/mol. The SMILES string of the molecule is CCN(C)C(=O)CNCC(O)c1ccc(S(C)(=O)=O)cc1. The maximum Gasteiger partial charge on any atom is 0.236 e. The first-order chi connectivity index (χ1) is 9.75. The number of aliphatic hydroxyl groups is 1. The fourth-order valence-electron chi connectivity index (χ4n) is 1.68. The van der Waals surface area contributed by atoms with Gasteiger partial charge in [0.05, 0.1) is 17.5 Å². The lowest BCUT2D eigenvalue weighted by molar-refractivity contribution is -0.128. The third kappa shape index (κ3) is 5.45. The van der Waals surface area contributed by atoms with Gasteiger partial charge >= 0.3 is 0 Å². The van der Waals surface area contributed by atoms with Gasteiger partial charge in [0, 0.05) is 26.4 Å². The Labute approximate surface area is 125 Å². The minimum absolute atomic E-state index is 0.0443. The molecule has 0 aliphatic carbocycles. The van der Waals surface area contributed by atoms with Crippen molar-refractivity contribution in [1.29, 1.82) is 0 Å². The average molecular weight is 314 g/mol. The topological polar surface area (TPSA) is 86.7 Å². The normalized spacial score (nSPS) is 13.0. The van der Waals surface area contributed by atoms with Crippen molar-refractivity contribution in [2.24, 2.45) is 0 Å². The van der Waals surface area contributed by atoms with Crippen LogP contribution in [0.5, 0.6) is 0 Å². The molecule has 0 saturated heterocycles. The number of amides is 1. The summed E-state index contributed by atoms with van der Waals surface area (Å²) >= 11 is 0. The van der Waals surface area contributed by atoms with Gasteiger partial charge in [0.2, 0.25) is 5.91 Å². The number of carbonyl (C=O) groups is 1. The minimum Gasteiger partial charge on any atom is -0.387 e. The van der Waals surface area contributed by atoms with Crippen LogP contribution in [0.15, 0.2) is 29.2 Å². The van der Waals surface area contributed by atoms with Crippen LogP contribution in [-0.4, -0.2) is 57.3 Å². The highest BCUT2D eigenvalue weighted by molar-refractivity contribution is 7.90. The van der Waals surface area contributed by atoms with Crippen LogP contribution in [0.4, 0.5) is 0 Å². The molecule has 1 atom stereocenters. The van der Waals surface area contributed by atoms with Gasteiger partial charge in [-0.2, -0.15) is 0 Å². The Balaban J connectivity index is 2.53. The second-order valence-electron chi connectivity index (χ2n) is 4.90. The molecule has 1 amide bonds. The van der Waals surface area contributed by atoms with Crippen LogP contribution in [0.25, 0.3) is 0 Å². The third-order valence-corrected chi connectivity index (χ3v) is 4.34. The Bertz CT molecular complexity index is 569. The quantitative estimate of drug-likeness (QED) is 0.750. The van der Waals surface area contributed by atoms with E-state index in [1.54, 1.807) is 24.1 Å². The lowest BCUT2D eigenvalue weighted by Crippen LogP contribution is -2.36. The van der Waals surface area contributed by atoms with E-state index < -0.39 is 15.9 Å². The summed E-state index contributed by atoms with van der Waals surface area (Å²) in [4.78, 5) is 13.4. The van der Waals surface area contributed by atoms with E-state index in [1.165, 1.54) is 12.1 Å². The largest absolute Gasteiger partial charge is 0.387 e. The third-order valence-electron chi connectivity index (χ3n) is 3.21. The summed E-state index contributed by atoms with van der Waals surface area (Å²) in [5.41, 5.74) is 0.603. The summed E-state index contributed by atoms with van der Waals surface area (Å²) in [7, 11) is -1.52. The summed E-state index contributed by atoms with van der Waals surface area (Å²) in [6.07, 6.45) is 0.342. The number of hydrogen-bond donors (Lipinski definition) is 2. The fraction of sp³-hybridized carbons (Fsp3) is 0.500. The van der Waals surface area contributed by atoms with Crippen molar-refractivity contribution in [2.75, 3.05) is 32.9 Å². The molecule has 0 radical (unpaired) electrons. The monoisotopic (exact) mass is 314 g/mol. The number of likely N-dealkylation sites (N-methyl/N-ethyl adjacent to an activating group) is 1. The van der Waals surface area contributed by atoms with Crippen molar-refractivity contribution in [3.63, 3.8) is 0 Å². The molecule has 0 aromatic heterocycles. The van der Waals surface area contributed by atoms with Crippen molar-refractivity contribution >= 4 is 15.7 Å². The molecule has 0 bridgehead atoms. The van der Waals surface area contributed by atoms with E-state index in [9.17, 15) is 18.3 Å². The Kier molecular flexibility index (Phi) is 6.32. The summed E-state index contributed by atoms with van der Waals surface area (Å²) < 4.78 is 22.7. The summed E-state index contributed by atoms with van der Waals surface area (Å²) in [6, 6.07) is 6.07. The number of benzene rings is 1. The van der Waals surface area contributed by atoms with Gasteiger partial charge in [-0.1, -0.05) is 12.1 Å². The van der Waals surface area contributed by atoms with Gasteiger partial charge < -0.3 is 15.3 Å². The van der Waals surface area contributed by atoms with Crippen molar-refractivity contribution < 1.29 is 18.3 Å². The van der Waals surface area contributed by atoms with Gasteiger partial charge in [-0.15, -0.1) is 0 Å². The van der Waals surface area contributed by atoms with E-state index in [1.807, 2.05) is 6.92 Å². The van der Waals surface area contributed by atoms with E-state index >= 15 is 0 Å². The standard InChI is InChI=1S/C14H22N2O4S/c1-4-16(2)14(18)10-15-9-13(17)11-5-7-12(8-6-11)21(3,19)20/h5-8,13,15,17H,4,9-10H2,1-3H3. The first-order valence-electron chi connectivity index (χ1n) is 6.68. The van der Waals surface area contributed by atoms with E-state index in [0.29, 0.717) is 12.1 Å². The zero-order valence-electron chi connectivity index (χ0n) is 12.5. The van der Waals surface area contributed by atoms with Gasteiger partial charge in [0.15, 0.2) is 9.84 Å². The van der Waals surface area contributed by atoms with Crippen molar-refractivity contribution in [3.8, 4) is 0 Å². The first kappa shape index (κ1) is 17.6. The van der Waals surface area contributed by atoms with Gasteiger partial charge in [0.25, 0.3) is 0 Å². The Hall–Kier alpha value is -1.44. The molecule has 1 aromatic rings. The molecule has 0 fully saturated rings. The number of hydrogen-bond acceptors (Lipinski definition) is 5. The molecule has 1 aromatic carbocycles. The number of carbonyl (C=O) groups excluding carboxylic acids is 1. The van der Waals surface area contributed by atoms with Crippen LogP contribution >= 0.6 is 0 Å². The van der Waals surface area contributed by atoms with Crippen LogP contribution in [0, 0.1) is 0 Å². The predicted molar refractivity (Wildman–Crippen MR) is 80.7 cm³/mol. The second kappa shape index (κ2) is 7.53. The van der Waals surface area contributed by atoms with Crippen molar-refractivity contribution in [2.45, 2.75) is 17.9 Å². The summed E-state index contributed by atoms with van der Waals surface area (Å²) in [6.45, 7) is 2.90. The molecule has 1 unspecified atom stereocenters. The molecule has 118 valence electrons. The summed E-state index contributed by atoms with van der Waals surface area (Å²) in [5, 5.41) is 12.9. The average Bonchev–Trinajstić information content (AvgIpc) is 2.45. The first-order valence-corrected chi connectivity index (χ1v) is 8.57. The molecule has 0 aliphatic heterocycles. The smallest absolute Gasteiger partial charge is 0.236 e. The van der Waals surface area contributed by atoms with Gasteiger partial charge in [0.1, 0.15) is 0 Å². The number of nitrogens with zero attached hydrogens (tertiary/aromatic N) is 1. The zero-order valence-corrected chi connectivity index (χ0v) is 13.4. The Morgan fingerprint density at radius 1 is 1.33 bits per heavy atom. The Morgan fingerprint density at radius 3 is 2.38 bits per heavy atom. The van der Waals surface area contributed by atoms with E-state index in [0.717, 1.165) is 6.26 Å². The molecular formula is C14H22N2O4S. The highest BCUT2D eigenvalue weighted by Crippen LogP contribution is 2.15. The zero-order chi connectivity index (χ0) is 16.0. The van der Waals surface area contributed by atoms with Gasteiger partial charge in [-0.25, -0.2) is 8.42 Å². The highest BCUT2D eigenvalue weighted by atomic mass is 32.2. The number of aliphatic hydroxyl groups excluding tert-OH is 1. The van der Waals surface area contributed by atoms with E-state index in [2.05, 4.69) is 5.32 Å². The van der Waals surface area contributed by atoms with Gasteiger partial charge in [-0.05, 0) is 24.6 Å². The Morgan fingerprint density at radius 2 is 1.90 bits per heavy atom. The maximum atomic E-state index is 11.6. The number of nitrogens with one attached hydrogen (secondary N) is 1.